The van der Waals surface area contributed by atoms with E-state index in [4.69, 9.17) is 5.73 Å². The third-order valence-corrected chi connectivity index (χ3v) is 8.19. The van der Waals surface area contributed by atoms with Crippen LogP contribution in [0.5, 0.6) is 0 Å². The fourth-order valence-corrected chi connectivity index (χ4v) is 5.89. The smallest absolute Gasteiger partial charge is 0.335 e. The summed E-state index contributed by atoms with van der Waals surface area (Å²) in [5.74, 6) is -1.97. The lowest BCUT2D eigenvalue weighted by molar-refractivity contribution is -0.130. The number of carboxylic acids is 1. The van der Waals surface area contributed by atoms with Crippen LogP contribution in [0.4, 0.5) is 14.5 Å². The summed E-state index contributed by atoms with van der Waals surface area (Å²) in [7, 11) is 0. The van der Waals surface area contributed by atoms with Gasteiger partial charge in [0.15, 0.2) is 5.78 Å². The number of piperidine rings is 1. The van der Waals surface area contributed by atoms with E-state index in [1.807, 2.05) is 25.1 Å². The highest BCUT2D eigenvalue weighted by Crippen LogP contribution is 2.38. The first-order valence-electron chi connectivity index (χ1n) is 13.5. The number of anilines is 1. The normalized spacial score (nSPS) is 20.4. The van der Waals surface area contributed by atoms with Gasteiger partial charge in [0.1, 0.15) is 11.6 Å². The van der Waals surface area contributed by atoms with E-state index in [0.29, 0.717) is 23.5 Å². The summed E-state index contributed by atoms with van der Waals surface area (Å²) in [5, 5.41) is 9.59. The fourth-order valence-electron chi connectivity index (χ4n) is 5.89. The number of aliphatic carboxylic acids is 1. The lowest BCUT2D eigenvalue weighted by Crippen LogP contribution is -2.34. The SMILES string of the molecule is CC1C=C(C(=O)O)c2ccc(N3CCC(CCC(C(=O)C4CC4)=C(N)c4c(F)cccc4F)CC3)cc2C1. The minimum Gasteiger partial charge on any atom is -0.478 e. The molecule has 2 fully saturated rings. The summed E-state index contributed by atoms with van der Waals surface area (Å²) in [6.45, 7) is 3.75. The van der Waals surface area contributed by atoms with E-state index in [-0.39, 0.29) is 28.9 Å². The first-order valence-corrected chi connectivity index (χ1v) is 13.5. The average Bonchev–Trinajstić information content (AvgIpc) is 3.74. The van der Waals surface area contributed by atoms with E-state index >= 15 is 0 Å². The number of carbonyl (C=O) groups is 2. The number of halogens is 2. The second kappa shape index (κ2) is 10.7. The number of fused-ring (bicyclic) bond motifs is 1. The number of nitrogens with zero attached hydrogens (tertiary/aromatic N) is 1. The van der Waals surface area contributed by atoms with E-state index < -0.39 is 17.6 Å². The lowest BCUT2D eigenvalue weighted by atomic mass is 9.84. The molecule has 5 nitrogen and oxygen atoms in total. The van der Waals surface area contributed by atoms with Crippen molar-refractivity contribution in [1.82, 2.24) is 0 Å². The Hall–Kier alpha value is -3.48. The predicted molar refractivity (Wildman–Crippen MR) is 144 cm³/mol. The van der Waals surface area contributed by atoms with E-state index in [1.165, 1.54) is 18.2 Å². The quantitative estimate of drug-likeness (QED) is 0.419. The minimum atomic E-state index is -0.890. The summed E-state index contributed by atoms with van der Waals surface area (Å²) in [4.78, 5) is 27.0. The molecule has 1 saturated carbocycles. The van der Waals surface area contributed by atoms with Crippen molar-refractivity contribution >= 4 is 28.7 Å². The summed E-state index contributed by atoms with van der Waals surface area (Å²) < 4.78 is 28.9. The molecule has 200 valence electrons. The van der Waals surface area contributed by atoms with Crippen molar-refractivity contribution in [1.29, 1.82) is 0 Å². The third kappa shape index (κ3) is 5.38. The van der Waals surface area contributed by atoms with Gasteiger partial charge >= 0.3 is 5.97 Å². The van der Waals surface area contributed by atoms with Gasteiger partial charge in [0.2, 0.25) is 0 Å². The Morgan fingerprint density at radius 1 is 1.05 bits per heavy atom. The maximum absolute atomic E-state index is 14.4. The van der Waals surface area contributed by atoms with E-state index in [1.54, 1.807) is 0 Å². The number of nitrogens with two attached hydrogens (primary N) is 1. The van der Waals surface area contributed by atoms with Crippen LogP contribution >= 0.6 is 0 Å². The second-order valence-corrected chi connectivity index (χ2v) is 11.0. The molecule has 0 amide bonds. The zero-order valence-electron chi connectivity index (χ0n) is 21.7. The molecule has 2 aliphatic carbocycles. The largest absolute Gasteiger partial charge is 0.478 e. The predicted octanol–water partition coefficient (Wildman–Crippen LogP) is 5.97. The lowest BCUT2D eigenvalue weighted by Gasteiger charge is -2.34. The number of Topliss-reactive ketones (excluding diaryl/α,β-unsaturated/α-hetero) is 1. The molecule has 0 aromatic heterocycles. The Morgan fingerprint density at radius 2 is 1.74 bits per heavy atom. The topological polar surface area (TPSA) is 83.6 Å². The van der Waals surface area contributed by atoms with Gasteiger partial charge in [-0.3, -0.25) is 4.79 Å². The molecule has 5 rings (SSSR count). The molecule has 1 heterocycles. The number of hydrogen-bond donors (Lipinski definition) is 2. The molecule has 1 unspecified atom stereocenters. The van der Waals surface area contributed by atoms with Crippen molar-refractivity contribution in [3.05, 3.63) is 76.4 Å². The van der Waals surface area contributed by atoms with Crippen LogP contribution in [0.15, 0.2) is 48.0 Å². The van der Waals surface area contributed by atoms with E-state index in [2.05, 4.69) is 11.0 Å². The van der Waals surface area contributed by atoms with Crippen LogP contribution in [-0.2, 0) is 16.0 Å². The summed E-state index contributed by atoms with van der Waals surface area (Å²) in [6.07, 6.45) is 7.30. The second-order valence-electron chi connectivity index (χ2n) is 11.0. The van der Waals surface area contributed by atoms with Crippen LogP contribution in [0, 0.1) is 29.4 Å². The molecule has 1 atom stereocenters. The van der Waals surface area contributed by atoms with Crippen molar-refractivity contribution in [2.45, 2.75) is 51.9 Å². The van der Waals surface area contributed by atoms with Crippen molar-refractivity contribution in [3.8, 4) is 0 Å². The number of benzene rings is 2. The zero-order chi connectivity index (χ0) is 27.0. The average molecular weight is 521 g/mol. The number of carboxylic acid groups (broad SMARTS) is 1. The number of rotatable bonds is 8. The highest BCUT2D eigenvalue weighted by Gasteiger charge is 2.34. The van der Waals surface area contributed by atoms with Crippen LogP contribution in [0.1, 0.15) is 62.1 Å². The zero-order valence-corrected chi connectivity index (χ0v) is 21.7. The first-order chi connectivity index (χ1) is 18.2. The fraction of sp³-hybridized carbons (Fsp3) is 0.419. The Labute approximate surface area is 222 Å². The van der Waals surface area contributed by atoms with Gasteiger partial charge in [-0.2, -0.15) is 0 Å². The monoisotopic (exact) mass is 520 g/mol. The van der Waals surface area contributed by atoms with E-state index in [0.717, 1.165) is 68.4 Å². The van der Waals surface area contributed by atoms with Gasteiger partial charge in [0, 0.05) is 30.3 Å². The van der Waals surface area contributed by atoms with Crippen molar-refractivity contribution in [2.75, 3.05) is 18.0 Å². The van der Waals surface area contributed by atoms with Crippen LogP contribution in [-0.4, -0.2) is 29.9 Å². The molecule has 3 aliphatic rings. The first kappa shape index (κ1) is 26.1. The summed E-state index contributed by atoms with van der Waals surface area (Å²) in [6, 6.07) is 9.68. The molecule has 1 saturated heterocycles. The van der Waals surface area contributed by atoms with Gasteiger partial charge < -0.3 is 15.7 Å². The van der Waals surface area contributed by atoms with Crippen LogP contribution in [0.2, 0.25) is 0 Å². The number of carbonyl (C=O) groups excluding carboxylic acids is 1. The van der Waals surface area contributed by atoms with Crippen LogP contribution in [0.3, 0.4) is 0 Å². The Balaban J connectivity index is 1.26. The van der Waals surface area contributed by atoms with E-state index in [9.17, 15) is 23.5 Å². The molecule has 0 bridgehead atoms. The van der Waals surface area contributed by atoms with Crippen molar-refractivity contribution in [3.63, 3.8) is 0 Å². The van der Waals surface area contributed by atoms with Gasteiger partial charge in [-0.05, 0) is 92.2 Å². The maximum atomic E-state index is 14.4. The molecule has 0 radical (unpaired) electrons. The van der Waals surface area contributed by atoms with Gasteiger partial charge in [-0.25, -0.2) is 13.6 Å². The highest BCUT2D eigenvalue weighted by atomic mass is 19.1. The number of allylic oxidation sites excluding steroid dienone is 2. The van der Waals surface area contributed by atoms with Crippen LogP contribution < -0.4 is 10.6 Å². The summed E-state index contributed by atoms with van der Waals surface area (Å²) >= 11 is 0. The molecule has 1 aliphatic heterocycles. The van der Waals surface area contributed by atoms with Gasteiger partial charge in [0.05, 0.1) is 16.8 Å². The number of hydrogen-bond acceptors (Lipinski definition) is 4. The Morgan fingerprint density at radius 3 is 2.37 bits per heavy atom. The molecular weight excluding hydrogens is 486 g/mol. The maximum Gasteiger partial charge on any atom is 0.335 e. The van der Waals surface area contributed by atoms with Crippen molar-refractivity contribution < 1.29 is 23.5 Å². The standard InChI is InChI=1S/C31H34F2N2O3/c1-18-15-21-17-22(8-10-23(21)25(16-18)31(37)38)35-13-11-19(12-14-35)5-9-24(30(36)20-6-7-20)29(34)28-26(32)3-2-4-27(28)33/h2-4,8,10,16-20H,5-7,9,11-15,34H2,1H3,(H,37,38). The third-order valence-electron chi connectivity index (χ3n) is 8.19. The Bertz CT molecular complexity index is 1300. The molecular formula is C31H34F2N2O3. The Kier molecular flexibility index (Phi) is 7.37. The molecule has 0 spiro atoms. The molecule has 3 N–H and O–H groups in total. The highest BCUT2D eigenvalue weighted by molar-refractivity contribution is 6.16. The molecule has 2 aromatic carbocycles. The molecule has 2 aromatic rings. The minimum absolute atomic E-state index is 0.0620. The van der Waals surface area contributed by atoms with Crippen LogP contribution in [0.25, 0.3) is 11.3 Å². The summed E-state index contributed by atoms with van der Waals surface area (Å²) in [5.41, 5.74) is 9.60. The number of ketones is 1. The van der Waals surface area contributed by atoms with Crippen molar-refractivity contribution in [2.24, 2.45) is 23.5 Å². The molecule has 38 heavy (non-hydrogen) atoms. The van der Waals surface area contributed by atoms with Gasteiger partial charge in [-0.15, -0.1) is 0 Å². The molecule has 7 heteroatoms. The van der Waals surface area contributed by atoms with Gasteiger partial charge in [0.25, 0.3) is 0 Å². The van der Waals surface area contributed by atoms with Gasteiger partial charge in [-0.1, -0.05) is 25.1 Å².